The SMILES string of the molecule is C/C=N\N(NC)c1ncc(NC(=O)Nc2cnc3scnc3c2N(C)CCOC)cc1Cl. The fourth-order valence-electron chi connectivity index (χ4n) is 2.90. The molecule has 0 atom stereocenters. The number of nitrogens with one attached hydrogen (secondary N) is 3. The topological polar surface area (TPSA) is 120 Å². The number of hydrogen-bond acceptors (Lipinski definition) is 10. The van der Waals surface area contributed by atoms with E-state index in [1.54, 1.807) is 45.1 Å². The molecule has 3 N–H and O–H groups in total. The molecular formula is C19H24ClN9O2S. The lowest BCUT2D eigenvalue weighted by atomic mass is 10.3. The molecule has 0 saturated carbocycles. The smallest absolute Gasteiger partial charge is 0.323 e. The molecule has 3 rings (SSSR count). The fourth-order valence-corrected chi connectivity index (χ4v) is 3.78. The van der Waals surface area contributed by atoms with Crippen LogP contribution in [0.25, 0.3) is 10.3 Å². The Morgan fingerprint density at radius 1 is 1.31 bits per heavy atom. The van der Waals surface area contributed by atoms with Crippen LogP contribution in [0.5, 0.6) is 0 Å². The Morgan fingerprint density at radius 2 is 2.12 bits per heavy atom. The Morgan fingerprint density at radius 3 is 2.81 bits per heavy atom. The number of urea groups is 1. The van der Waals surface area contributed by atoms with Gasteiger partial charge in [-0.05, 0) is 13.0 Å². The van der Waals surface area contributed by atoms with E-state index in [0.717, 1.165) is 10.5 Å². The van der Waals surface area contributed by atoms with Crippen molar-refractivity contribution in [3.05, 3.63) is 29.0 Å². The molecule has 32 heavy (non-hydrogen) atoms. The summed E-state index contributed by atoms with van der Waals surface area (Å²) in [4.78, 5) is 28.5. The van der Waals surface area contributed by atoms with Crippen LogP contribution >= 0.6 is 22.9 Å². The van der Waals surface area contributed by atoms with Crippen LogP contribution in [0, 0.1) is 0 Å². The molecular weight excluding hydrogens is 454 g/mol. The number of amides is 2. The normalized spacial score (nSPS) is 11.2. The molecule has 0 fully saturated rings. The fraction of sp³-hybridized carbons (Fsp3) is 0.316. The number of pyridine rings is 2. The van der Waals surface area contributed by atoms with E-state index < -0.39 is 6.03 Å². The summed E-state index contributed by atoms with van der Waals surface area (Å²) in [5.41, 5.74) is 7.00. The summed E-state index contributed by atoms with van der Waals surface area (Å²) in [6, 6.07) is 1.12. The van der Waals surface area contributed by atoms with Gasteiger partial charge in [-0.2, -0.15) is 10.2 Å². The standard InChI is InChI=1S/C19H24ClN9O2S/c1-5-25-29(21-2)17-13(20)8-12(9-22-17)26-19(30)27-14-10-23-18-15(24-11-32-18)16(14)28(3)6-7-31-4/h5,8-11,21H,6-7H2,1-4H3,(H2,26,27,30)/b25-5-. The van der Waals surface area contributed by atoms with Crippen molar-refractivity contribution in [2.45, 2.75) is 6.92 Å². The van der Waals surface area contributed by atoms with E-state index >= 15 is 0 Å². The monoisotopic (exact) mass is 477 g/mol. The van der Waals surface area contributed by atoms with Crippen molar-refractivity contribution in [1.82, 2.24) is 20.4 Å². The van der Waals surface area contributed by atoms with E-state index in [2.05, 4.69) is 36.1 Å². The highest BCUT2D eigenvalue weighted by molar-refractivity contribution is 7.16. The van der Waals surface area contributed by atoms with Crippen molar-refractivity contribution in [2.75, 3.05) is 55.0 Å². The predicted molar refractivity (Wildman–Crippen MR) is 130 cm³/mol. The van der Waals surface area contributed by atoms with Crippen LogP contribution in [0.1, 0.15) is 6.92 Å². The summed E-state index contributed by atoms with van der Waals surface area (Å²) >= 11 is 7.76. The van der Waals surface area contributed by atoms with Gasteiger partial charge in [0.1, 0.15) is 10.3 Å². The average Bonchev–Trinajstić information content (AvgIpc) is 3.25. The van der Waals surface area contributed by atoms with E-state index in [1.807, 2.05) is 11.9 Å². The first-order valence-corrected chi connectivity index (χ1v) is 10.9. The maximum absolute atomic E-state index is 12.7. The number of halogens is 1. The van der Waals surface area contributed by atoms with Gasteiger partial charge in [-0.3, -0.25) is 0 Å². The van der Waals surface area contributed by atoms with Gasteiger partial charge in [0.05, 0.1) is 46.6 Å². The zero-order valence-corrected chi connectivity index (χ0v) is 19.7. The summed E-state index contributed by atoms with van der Waals surface area (Å²) in [5, 5.41) is 11.4. The maximum Gasteiger partial charge on any atom is 0.323 e. The van der Waals surface area contributed by atoms with Gasteiger partial charge in [-0.1, -0.05) is 11.6 Å². The van der Waals surface area contributed by atoms with Crippen molar-refractivity contribution in [1.29, 1.82) is 0 Å². The highest BCUT2D eigenvalue weighted by atomic mass is 35.5. The van der Waals surface area contributed by atoms with Crippen molar-refractivity contribution in [3.63, 3.8) is 0 Å². The number of methoxy groups -OCH3 is 1. The highest BCUT2D eigenvalue weighted by Gasteiger charge is 2.18. The minimum Gasteiger partial charge on any atom is -0.383 e. The van der Waals surface area contributed by atoms with Gasteiger partial charge in [0.25, 0.3) is 0 Å². The predicted octanol–water partition coefficient (Wildman–Crippen LogP) is 3.41. The highest BCUT2D eigenvalue weighted by Crippen LogP contribution is 2.33. The Labute approximate surface area is 194 Å². The van der Waals surface area contributed by atoms with Gasteiger partial charge >= 0.3 is 6.03 Å². The summed E-state index contributed by atoms with van der Waals surface area (Å²) in [7, 11) is 5.24. The Bertz CT molecular complexity index is 1110. The zero-order chi connectivity index (χ0) is 23.1. The van der Waals surface area contributed by atoms with E-state index in [1.165, 1.54) is 22.7 Å². The Balaban J connectivity index is 1.80. The minimum atomic E-state index is -0.467. The van der Waals surface area contributed by atoms with Gasteiger partial charge in [0.2, 0.25) is 0 Å². The number of aromatic nitrogens is 3. The van der Waals surface area contributed by atoms with Crippen LogP contribution in [-0.4, -0.2) is 61.6 Å². The first kappa shape index (κ1) is 23.6. The zero-order valence-electron chi connectivity index (χ0n) is 18.1. The summed E-state index contributed by atoms with van der Waals surface area (Å²) in [5.74, 6) is 0.401. The van der Waals surface area contributed by atoms with E-state index in [9.17, 15) is 4.79 Å². The molecule has 0 saturated heterocycles. The molecule has 11 nitrogen and oxygen atoms in total. The number of hydrogen-bond donors (Lipinski definition) is 3. The van der Waals surface area contributed by atoms with Crippen LogP contribution in [0.2, 0.25) is 5.02 Å². The molecule has 0 unspecified atom stereocenters. The third kappa shape index (κ3) is 5.40. The molecule has 3 aromatic rings. The number of nitrogens with zero attached hydrogens (tertiary/aromatic N) is 6. The van der Waals surface area contributed by atoms with E-state index in [4.69, 9.17) is 16.3 Å². The molecule has 13 heteroatoms. The second-order valence-electron chi connectivity index (χ2n) is 6.46. The van der Waals surface area contributed by atoms with Crippen LogP contribution in [-0.2, 0) is 4.74 Å². The Kier molecular flexibility index (Phi) is 8.11. The Hall–Kier alpha value is -3.06. The molecule has 0 bridgehead atoms. The van der Waals surface area contributed by atoms with Crippen molar-refractivity contribution >= 4 is 68.4 Å². The van der Waals surface area contributed by atoms with Crippen molar-refractivity contribution in [3.8, 4) is 0 Å². The molecule has 0 aliphatic heterocycles. The van der Waals surface area contributed by atoms with Gasteiger partial charge in [-0.15, -0.1) is 11.3 Å². The van der Waals surface area contributed by atoms with Gasteiger partial charge in [0.15, 0.2) is 5.82 Å². The number of ether oxygens (including phenoxy) is 1. The molecule has 0 aliphatic rings. The molecule has 3 heterocycles. The molecule has 0 aromatic carbocycles. The van der Waals surface area contributed by atoms with E-state index in [-0.39, 0.29) is 0 Å². The quantitative estimate of drug-likeness (QED) is 0.317. The van der Waals surface area contributed by atoms with Gasteiger partial charge < -0.3 is 20.3 Å². The molecule has 2 amide bonds. The van der Waals surface area contributed by atoms with Crippen molar-refractivity contribution < 1.29 is 9.53 Å². The van der Waals surface area contributed by atoms with Crippen molar-refractivity contribution in [2.24, 2.45) is 5.10 Å². The maximum atomic E-state index is 12.7. The number of hydrazine groups is 1. The van der Waals surface area contributed by atoms with Gasteiger partial charge in [-0.25, -0.2) is 25.2 Å². The van der Waals surface area contributed by atoms with Gasteiger partial charge in [0, 0.05) is 34.0 Å². The molecule has 0 radical (unpaired) electrons. The summed E-state index contributed by atoms with van der Waals surface area (Å²) < 4.78 is 5.18. The lowest BCUT2D eigenvalue weighted by Gasteiger charge is -2.22. The molecule has 170 valence electrons. The van der Waals surface area contributed by atoms with Crippen LogP contribution in [0.4, 0.5) is 27.7 Å². The largest absolute Gasteiger partial charge is 0.383 e. The number of likely N-dealkylation sites (N-methyl/N-ethyl adjacent to an activating group) is 1. The number of anilines is 4. The number of carbonyl (C=O) groups excluding carboxylic acids is 1. The third-order valence-corrected chi connectivity index (χ3v) is 5.33. The van der Waals surface area contributed by atoms with Crippen LogP contribution in [0.15, 0.2) is 29.1 Å². The molecule has 3 aromatic heterocycles. The second-order valence-corrected chi connectivity index (χ2v) is 7.70. The lowest BCUT2D eigenvalue weighted by Crippen LogP contribution is -2.30. The average molecular weight is 478 g/mol. The molecule has 0 spiro atoms. The number of rotatable bonds is 9. The van der Waals surface area contributed by atoms with Crippen LogP contribution in [0.3, 0.4) is 0 Å². The minimum absolute atomic E-state index is 0.313. The summed E-state index contributed by atoms with van der Waals surface area (Å²) in [6.07, 6.45) is 4.70. The number of carbonyl (C=O) groups is 1. The number of fused-ring (bicyclic) bond motifs is 1. The molecule has 0 aliphatic carbocycles. The lowest BCUT2D eigenvalue weighted by molar-refractivity contribution is 0.206. The van der Waals surface area contributed by atoms with E-state index in [0.29, 0.717) is 40.9 Å². The second kappa shape index (κ2) is 11.0. The first-order chi connectivity index (χ1) is 15.5. The number of hydrazone groups is 1. The summed E-state index contributed by atoms with van der Waals surface area (Å²) in [6.45, 7) is 2.92. The first-order valence-electron chi connectivity index (χ1n) is 9.60. The number of thiazole rings is 1. The third-order valence-electron chi connectivity index (χ3n) is 4.32. The van der Waals surface area contributed by atoms with Crippen LogP contribution < -0.4 is 26.1 Å².